The number of rotatable bonds is 2. The molecule has 0 aliphatic heterocycles. The molecule has 18 heavy (non-hydrogen) atoms. The molecule has 1 aliphatic rings. The maximum atomic E-state index is 12.4. The van der Waals surface area contributed by atoms with Crippen molar-refractivity contribution in [1.29, 1.82) is 0 Å². The molecule has 0 unspecified atom stereocenters. The van der Waals surface area contributed by atoms with E-state index in [0.717, 1.165) is 30.5 Å². The van der Waals surface area contributed by atoms with Gasteiger partial charge in [-0.25, -0.2) is 0 Å². The Morgan fingerprint density at radius 3 is 2.50 bits per heavy atom. The minimum Gasteiger partial charge on any atom is -0.365 e. The van der Waals surface area contributed by atoms with Crippen molar-refractivity contribution >= 4 is 11.5 Å². The van der Waals surface area contributed by atoms with Gasteiger partial charge in [-0.3, -0.25) is 9.59 Å². The summed E-state index contributed by atoms with van der Waals surface area (Å²) in [5, 5.41) is 0. The number of allylic oxidation sites excluding steroid dienone is 2. The van der Waals surface area contributed by atoms with Crippen molar-refractivity contribution in [1.82, 2.24) is 4.57 Å². The summed E-state index contributed by atoms with van der Waals surface area (Å²) in [5.41, 5.74) is 8.47. The standard InChI is InChI=1S/C14H18N2O2/c1-8-11(10-6-4-5-7-10)13(17)12(14(15)18)9(2)16(8)3/h6H,4-5,7H2,1-3H3,(H2,15,18). The topological polar surface area (TPSA) is 65.1 Å². The lowest BCUT2D eigenvalue weighted by atomic mass is 9.99. The van der Waals surface area contributed by atoms with Gasteiger partial charge in [-0.2, -0.15) is 0 Å². The molecule has 1 aliphatic carbocycles. The van der Waals surface area contributed by atoms with Crippen LogP contribution in [0.3, 0.4) is 0 Å². The van der Waals surface area contributed by atoms with Gasteiger partial charge in [0.2, 0.25) is 5.43 Å². The van der Waals surface area contributed by atoms with E-state index in [0.29, 0.717) is 11.3 Å². The number of aromatic nitrogens is 1. The quantitative estimate of drug-likeness (QED) is 0.862. The van der Waals surface area contributed by atoms with Crippen LogP contribution in [0.15, 0.2) is 10.9 Å². The van der Waals surface area contributed by atoms with Crippen LogP contribution in [0.4, 0.5) is 0 Å². The van der Waals surface area contributed by atoms with Gasteiger partial charge in [-0.05, 0) is 38.7 Å². The first kappa shape index (κ1) is 12.6. The zero-order chi connectivity index (χ0) is 13.4. The van der Waals surface area contributed by atoms with Crippen LogP contribution >= 0.6 is 0 Å². The van der Waals surface area contributed by atoms with Gasteiger partial charge >= 0.3 is 0 Å². The maximum Gasteiger partial charge on any atom is 0.254 e. The Balaban J connectivity index is 2.82. The highest BCUT2D eigenvalue weighted by molar-refractivity contribution is 5.95. The van der Waals surface area contributed by atoms with E-state index in [-0.39, 0.29) is 11.0 Å². The minimum atomic E-state index is -0.645. The first-order chi connectivity index (χ1) is 8.45. The largest absolute Gasteiger partial charge is 0.365 e. The van der Waals surface area contributed by atoms with Gasteiger partial charge in [0.15, 0.2) is 0 Å². The van der Waals surface area contributed by atoms with Gasteiger partial charge in [0.1, 0.15) is 5.56 Å². The second-order valence-electron chi connectivity index (χ2n) is 4.79. The van der Waals surface area contributed by atoms with Crippen LogP contribution < -0.4 is 11.2 Å². The summed E-state index contributed by atoms with van der Waals surface area (Å²) in [6.45, 7) is 3.66. The molecular weight excluding hydrogens is 228 g/mol. The summed E-state index contributed by atoms with van der Waals surface area (Å²) < 4.78 is 1.87. The molecule has 0 fully saturated rings. The molecule has 1 aromatic heterocycles. The molecule has 0 aromatic carbocycles. The Labute approximate surface area is 106 Å². The fraction of sp³-hybridized carbons (Fsp3) is 0.429. The van der Waals surface area contributed by atoms with E-state index in [2.05, 4.69) is 6.08 Å². The van der Waals surface area contributed by atoms with Crippen molar-refractivity contribution in [2.24, 2.45) is 12.8 Å². The van der Waals surface area contributed by atoms with Crippen LogP contribution in [0, 0.1) is 13.8 Å². The molecule has 4 nitrogen and oxygen atoms in total. The monoisotopic (exact) mass is 246 g/mol. The smallest absolute Gasteiger partial charge is 0.254 e. The fourth-order valence-electron chi connectivity index (χ4n) is 2.61. The molecule has 0 spiro atoms. The van der Waals surface area contributed by atoms with E-state index >= 15 is 0 Å². The predicted molar refractivity (Wildman–Crippen MR) is 71.5 cm³/mol. The number of carbonyl (C=O) groups excluding carboxylic acids is 1. The zero-order valence-electron chi connectivity index (χ0n) is 11.0. The Hall–Kier alpha value is -1.84. The lowest BCUT2D eigenvalue weighted by Gasteiger charge is -2.16. The van der Waals surface area contributed by atoms with Crippen LogP contribution in [0.5, 0.6) is 0 Å². The second kappa shape index (κ2) is 4.44. The van der Waals surface area contributed by atoms with Crippen molar-refractivity contribution in [2.75, 3.05) is 0 Å². The van der Waals surface area contributed by atoms with E-state index in [1.807, 2.05) is 18.5 Å². The van der Waals surface area contributed by atoms with E-state index in [9.17, 15) is 9.59 Å². The third-order valence-electron chi connectivity index (χ3n) is 3.79. The van der Waals surface area contributed by atoms with E-state index in [1.54, 1.807) is 6.92 Å². The summed E-state index contributed by atoms with van der Waals surface area (Å²) in [6, 6.07) is 0. The van der Waals surface area contributed by atoms with E-state index in [1.165, 1.54) is 0 Å². The van der Waals surface area contributed by atoms with Crippen LogP contribution in [0.2, 0.25) is 0 Å². The highest BCUT2D eigenvalue weighted by Crippen LogP contribution is 2.28. The molecule has 0 saturated heterocycles. The number of amides is 1. The zero-order valence-corrected chi connectivity index (χ0v) is 11.0. The molecule has 0 saturated carbocycles. The molecule has 0 bridgehead atoms. The highest BCUT2D eigenvalue weighted by atomic mass is 16.2. The Bertz CT molecular complexity index is 609. The van der Waals surface area contributed by atoms with Crippen LogP contribution in [-0.4, -0.2) is 10.5 Å². The van der Waals surface area contributed by atoms with Crippen LogP contribution in [0.25, 0.3) is 5.57 Å². The number of hydrogen-bond donors (Lipinski definition) is 1. The molecular formula is C14H18N2O2. The van der Waals surface area contributed by atoms with Crippen LogP contribution in [-0.2, 0) is 7.05 Å². The fourth-order valence-corrected chi connectivity index (χ4v) is 2.61. The van der Waals surface area contributed by atoms with Gasteiger partial charge < -0.3 is 10.3 Å². The second-order valence-corrected chi connectivity index (χ2v) is 4.79. The Morgan fingerprint density at radius 2 is 2.00 bits per heavy atom. The average molecular weight is 246 g/mol. The van der Waals surface area contributed by atoms with Crippen molar-refractivity contribution in [2.45, 2.75) is 33.1 Å². The summed E-state index contributed by atoms with van der Waals surface area (Å²) in [4.78, 5) is 23.9. The number of primary amides is 1. The van der Waals surface area contributed by atoms with Crippen LogP contribution in [0.1, 0.15) is 46.6 Å². The van der Waals surface area contributed by atoms with Crippen molar-refractivity contribution in [3.05, 3.63) is 38.8 Å². The van der Waals surface area contributed by atoms with E-state index < -0.39 is 5.91 Å². The van der Waals surface area contributed by atoms with E-state index in [4.69, 9.17) is 5.73 Å². The lowest BCUT2D eigenvalue weighted by molar-refractivity contribution is 0.0998. The number of carbonyl (C=O) groups is 1. The summed E-state index contributed by atoms with van der Waals surface area (Å²) >= 11 is 0. The van der Waals surface area contributed by atoms with Gasteiger partial charge in [-0.1, -0.05) is 6.08 Å². The third kappa shape index (κ3) is 1.78. The molecule has 0 atom stereocenters. The normalized spacial score (nSPS) is 14.7. The average Bonchev–Trinajstić information content (AvgIpc) is 2.79. The SMILES string of the molecule is Cc1c(C(N)=O)c(=O)c(C2=CCCC2)c(C)n1C. The van der Waals surface area contributed by atoms with Gasteiger partial charge in [0.25, 0.3) is 5.91 Å². The number of nitrogens with two attached hydrogens (primary N) is 1. The molecule has 1 amide bonds. The third-order valence-corrected chi connectivity index (χ3v) is 3.79. The van der Waals surface area contributed by atoms with Crippen molar-refractivity contribution < 1.29 is 4.79 Å². The summed E-state index contributed by atoms with van der Waals surface area (Å²) in [6.07, 6.45) is 5.05. The highest BCUT2D eigenvalue weighted by Gasteiger charge is 2.22. The van der Waals surface area contributed by atoms with Gasteiger partial charge in [0, 0.05) is 24.0 Å². The summed E-state index contributed by atoms with van der Waals surface area (Å²) in [5.74, 6) is -0.645. The first-order valence-corrected chi connectivity index (χ1v) is 6.14. The number of hydrogen-bond acceptors (Lipinski definition) is 2. The van der Waals surface area contributed by atoms with Crippen molar-refractivity contribution in [3.8, 4) is 0 Å². The Kier molecular flexibility index (Phi) is 3.11. The molecule has 0 radical (unpaired) electrons. The minimum absolute atomic E-state index is 0.117. The molecule has 2 rings (SSSR count). The Morgan fingerprint density at radius 1 is 1.33 bits per heavy atom. The lowest BCUT2D eigenvalue weighted by Crippen LogP contribution is -2.29. The molecule has 1 aromatic rings. The first-order valence-electron chi connectivity index (χ1n) is 6.14. The predicted octanol–water partition coefficient (Wildman–Crippen LogP) is 1.67. The summed E-state index contributed by atoms with van der Waals surface area (Å²) in [7, 11) is 1.86. The molecule has 96 valence electrons. The molecule has 4 heteroatoms. The van der Waals surface area contributed by atoms with Gasteiger partial charge in [0.05, 0.1) is 0 Å². The molecule has 2 N–H and O–H groups in total. The molecule has 1 heterocycles. The number of pyridine rings is 1. The van der Waals surface area contributed by atoms with Crippen molar-refractivity contribution in [3.63, 3.8) is 0 Å². The number of nitrogens with zero attached hydrogens (tertiary/aromatic N) is 1. The maximum absolute atomic E-state index is 12.4. The van der Waals surface area contributed by atoms with Gasteiger partial charge in [-0.15, -0.1) is 0 Å².